The zero-order valence-electron chi connectivity index (χ0n) is 5.50. The van der Waals surface area contributed by atoms with Crippen LogP contribution in [0.5, 0.6) is 0 Å². The van der Waals surface area contributed by atoms with E-state index in [1.165, 1.54) is 6.26 Å². The summed E-state index contributed by atoms with van der Waals surface area (Å²) >= 11 is 0. The molecule has 0 bridgehead atoms. The summed E-state index contributed by atoms with van der Waals surface area (Å²) in [7, 11) is 0. The zero-order chi connectivity index (χ0) is 7.98. The molecule has 0 aromatic carbocycles. The second-order valence-corrected chi connectivity index (χ2v) is 1.60. The van der Waals surface area contributed by atoms with Gasteiger partial charge in [0.2, 0.25) is 0 Å². The Morgan fingerprint density at radius 2 is 2.30 bits per heavy atom. The van der Waals surface area contributed by atoms with Crippen LogP contribution in [0.15, 0.2) is 0 Å². The van der Waals surface area contributed by atoms with Gasteiger partial charge >= 0.3 is 5.97 Å². The van der Waals surface area contributed by atoms with E-state index in [0.717, 1.165) is 0 Å². The van der Waals surface area contributed by atoms with E-state index in [-0.39, 0.29) is 0 Å². The number of nitrogens with zero attached hydrogens (tertiary/aromatic N) is 2. The fourth-order valence-electron chi connectivity index (χ4n) is 0.427. The third-order valence-electron chi connectivity index (χ3n) is 0.995. The minimum atomic E-state index is -0.806. The molecule has 4 nitrogen and oxygen atoms in total. The fraction of sp³-hybridized carbons (Fsp3) is 0.500. The molecule has 0 aliphatic carbocycles. The summed E-state index contributed by atoms with van der Waals surface area (Å²) < 4.78 is 3.93. The van der Waals surface area contributed by atoms with Crippen molar-refractivity contribution in [2.45, 2.75) is 13.3 Å². The average Bonchev–Trinajstić information content (AvgIpc) is 1.91. The van der Waals surface area contributed by atoms with E-state index in [9.17, 15) is 4.79 Å². The predicted molar refractivity (Wildman–Crippen MR) is 31.1 cm³/mol. The lowest BCUT2D eigenvalue weighted by Gasteiger charge is -1.97. The SMILES string of the molecule is CCC(C#N)C(=O)OC#N. The summed E-state index contributed by atoms with van der Waals surface area (Å²) in [5, 5.41) is 16.1. The molecule has 0 aliphatic rings. The van der Waals surface area contributed by atoms with Crippen LogP contribution in [-0.2, 0) is 9.53 Å². The first-order valence-corrected chi connectivity index (χ1v) is 2.75. The number of carbonyl (C=O) groups excluding carboxylic acids is 1. The highest BCUT2D eigenvalue weighted by molar-refractivity contribution is 5.75. The highest BCUT2D eigenvalue weighted by Gasteiger charge is 2.16. The van der Waals surface area contributed by atoms with E-state index in [4.69, 9.17) is 10.5 Å². The summed E-state index contributed by atoms with van der Waals surface area (Å²) in [6, 6.07) is 1.71. The van der Waals surface area contributed by atoms with Gasteiger partial charge in [-0.25, -0.2) is 4.79 Å². The molecule has 0 spiro atoms. The molecule has 0 fully saturated rings. The van der Waals surface area contributed by atoms with Crippen molar-refractivity contribution in [2.75, 3.05) is 0 Å². The van der Waals surface area contributed by atoms with Crippen molar-refractivity contribution in [2.24, 2.45) is 5.92 Å². The molecule has 0 radical (unpaired) electrons. The predicted octanol–water partition coefficient (Wildman–Crippen LogP) is 0.560. The number of nitriles is 2. The van der Waals surface area contributed by atoms with Gasteiger partial charge in [0.15, 0.2) is 0 Å². The van der Waals surface area contributed by atoms with Gasteiger partial charge in [-0.05, 0) is 6.42 Å². The first-order chi connectivity index (χ1) is 4.76. The van der Waals surface area contributed by atoms with Crippen molar-refractivity contribution in [3.8, 4) is 12.3 Å². The second kappa shape index (κ2) is 4.34. The Morgan fingerprint density at radius 3 is 2.60 bits per heavy atom. The summed E-state index contributed by atoms with van der Waals surface area (Å²) in [6.07, 6.45) is 1.59. The van der Waals surface area contributed by atoms with Gasteiger partial charge in [0.25, 0.3) is 6.26 Å². The van der Waals surface area contributed by atoms with Gasteiger partial charge < -0.3 is 4.74 Å². The summed E-state index contributed by atoms with van der Waals surface area (Å²) in [5.74, 6) is -1.58. The third-order valence-corrected chi connectivity index (χ3v) is 0.995. The van der Waals surface area contributed by atoms with Crippen LogP contribution in [0.25, 0.3) is 0 Å². The molecule has 1 atom stereocenters. The van der Waals surface area contributed by atoms with Gasteiger partial charge in [0, 0.05) is 0 Å². The number of carbonyl (C=O) groups is 1. The maximum atomic E-state index is 10.5. The van der Waals surface area contributed by atoms with Crippen molar-refractivity contribution in [3.05, 3.63) is 0 Å². The smallest absolute Gasteiger partial charge is 0.338 e. The van der Waals surface area contributed by atoms with Crippen molar-refractivity contribution in [1.29, 1.82) is 10.5 Å². The number of rotatable bonds is 2. The van der Waals surface area contributed by atoms with Crippen molar-refractivity contribution >= 4 is 5.97 Å². The topological polar surface area (TPSA) is 73.9 Å². The molecule has 4 heteroatoms. The van der Waals surface area contributed by atoms with E-state index < -0.39 is 11.9 Å². The molecular weight excluding hydrogens is 132 g/mol. The number of hydrogen-bond acceptors (Lipinski definition) is 4. The van der Waals surface area contributed by atoms with Crippen LogP contribution in [0.4, 0.5) is 0 Å². The maximum Gasteiger partial charge on any atom is 0.338 e. The molecule has 10 heavy (non-hydrogen) atoms. The number of hydrogen-bond donors (Lipinski definition) is 0. The molecule has 0 amide bonds. The normalized spacial score (nSPS) is 10.7. The molecule has 0 aromatic heterocycles. The van der Waals surface area contributed by atoms with E-state index >= 15 is 0 Å². The molecular formula is C6H6N2O2. The Hall–Kier alpha value is -1.55. The van der Waals surface area contributed by atoms with Crippen molar-refractivity contribution < 1.29 is 9.53 Å². The first-order valence-electron chi connectivity index (χ1n) is 2.75. The van der Waals surface area contributed by atoms with Crippen LogP contribution >= 0.6 is 0 Å². The van der Waals surface area contributed by atoms with Gasteiger partial charge in [-0.1, -0.05) is 6.92 Å². The molecule has 0 saturated heterocycles. The Balaban J connectivity index is 3.96. The number of ether oxygens (including phenoxy) is 1. The zero-order valence-corrected chi connectivity index (χ0v) is 5.50. The Bertz CT molecular complexity index is 199. The van der Waals surface area contributed by atoms with Gasteiger partial charge in [-0.3, -0.25) is 0 Å². The second-order valence-electron chi connectivity index (χ2n) is 1.60. The lowest BCUT2D eigenvalue weighted by Crippen LogP contribution is -2.12. The van der Waals surface area contributed by atoms with Crippen LogP contribution in [0.2, 0.25) is 0 Å². The lowest BCUT2D eigenvalue weighted by molar-refractivity contribution is -0.139. The maximum absolute atomic E-state index is 10.5. The lowest BCUT2D eigenvalue weighted by atomic mass is 10.1. The highest BCUT2D eigenvalue weighted by atomic mass is 16.5. The molecule has 0 heterocycles. The molecule has 1 unspecified atom stereocenters. The van der Waals surface area contributed by atoms with Gasteiger partial charge in [-0.15, -0.1) is 5.26 Å². The van der Waals surface area contributed by atoms with E-state index in [2.05, 4.69) is 4.74 Å². The first kappa shape index (κ1) is 8.45. The summed E-state index contributed by atoms with van der Waals surface area (Å²) in [5.41, 5.74) is 0. The van der Waals surface area contributed by atoms with E-state index in [1.54, 1.807) is 13.0 Å². The van der Waals surface area contributed by atoms with Crippen LogP contribution in [0.1, 0.15) is 13.3 Å². The third kappa shape index (κ3) is 2.15. The van der Waals surface area contributed by atoms with Crippen LogP contribution in [-0.4, -0.2) is 5.97 Å². The van der Waals surface area contributed by atoms with Gasteiger partial charge in [0.1, 0.15) is 5.92 Å². The largest absolute Gasteiger partial charge is 0.350 e. The summed E-state index contributed by atoms with van der Waals surface area (Å²) in [6.45, 7) is 1.67. The van der Waals surface area contributed by atoms with Gasteiger partial charge in [0.05, 0.1) is 6.07 Å². The quantitative estimate of drug-likeness (QED) is 0.412. The van der Waals surface area contributed by atoms with Crippen LogP contribution in [0, 0.1) is 28.8 Å². The standard InChI is InChI=1S/C6H6N2O2/c1-2-5(3-7)6(9)10-4-8/h5H,2H2,1H3. The molecule has 0 N–H and O–H groups in total. The minimum Gasteiger partial charge on any atom is -0.350 e. The van der Waals surface area contributed by atoms with Gasteiger partial charge in [-0.2, -0.15) is 5.26 Å². The van der Waals surface area contributed by atoms with Crippen molar-refractivity contribution in [1.82, 2.24) is 0 Å². The monoisotopic (exact) mass is 138 g/mol. The Labute approximate surface area is 58.6 Å². The molecule has 0 saturated carbocycles. The van der Waals surface area contributed by atoms with E-state index in [0.29, 0.717) is 6.42 Å². The molecule has 0 aliphatic heterocycles. The molecule has 0 aromatic rings. The molecule has 0 rings (SSSR count). The van der Waals surface area contributed by atoms with Crippen molar-refractivity contribution in [3.63, 3.8) is 0 Å². The average molecular weight is 138 g/mol. The Kier molecular flexibility index (Phi) is 3.67. The van der Waals surface area contributed by atoms with Crippen LogP contribution in [0.3, 0.4) is 0 Å². The minimum absolute atomic E-state index is 0.372. The van der Waals surface area contributed by atoms with Crippen LogP contribution < -0.4 is 0 Å². The summed E-state index contributed by atoms with van der Waals surface area (Å²) in [4.78, 5) is 10.5. The van der Waals surface area contributed by atoms with E-state index in [1.807, 2.05) is 0 Å². The molecule has 52 valence electrons. The number of esters is 1. The Morgan fingerprint density at radius 1 is 1.70 bits per heavy atom. The fourth-order valence-corrected chi connectivity index (χ4v) is 0.427. The highest BCUT2D eigenvalue weighted by Crippen LogP contribution is 2.01.